The molecule has 3 aliphatic rings. The van der Waals surface area contributed by atoms with E-state index in [9.17, 15) is 0 Å². The van der Waals surface area contributed by atoms with Crippen LogP contribution in [0, 0.1) is 24.7 Å². The molecule has 348 valence electrons. The van der Waals surface area contributed by atoms with Crippen LogP contribution in [0.1, 0.15) is 93.3 Å². The Bertz CT molecular complexity index is 2780. The summed E-state index contributed by atoms with van der Waals surface area (Å²) in [6.45, 7) is 17.2. The fourth-order valence-electron chi connectivity index (χ4n) is 10.5. The molecule has 0 heterocycles. The van der Waals surface area contributed by atoms with E-state index in [-0.39, 0.29) is 22.2 Å². The predicted octanol–water partition coefficient (Wildman–Crippen LogP) is 16.8. The quantitative estimate of drug-likeness (QED) is 0.104. The highest BCUT2D eigenvalue weighted by molar-refractivity contribution is 5.76. The van der Waals surface area contributed by atoms with E-state index >= 15 is 0 Å². The smallest absolute Gasteiger partial charge is 0.0486 e. The van der Waals surface area contributed by atoms with E-state index in [0.717, 1.165) is 30.5 Å². The van der Waals surface area contributed by atoms with Crippen LogP contribution in [0.4, 0.5) is 0 Å². The van der Waals surface area contributed by atoms with Gasteiger partial charge in [0, 0.05) is 28.4 Å². The molecule has 0 bridgehead atoms. The summed E-state index contributed by atoms with van der Waals surface area (Å²) in [5.74, 6) is 0.627. The zero-order chi connectivity index (χ0) is 49.3. The lowest BCUT2D eigenvalue weighted by Gasteiger charge is -2.40. The minimum absolute atomic E-state index is 0.133. The standard InChI is InChI=1S/C41H44.C25H25N.C2H2/c1-6-8-9-15-31-41(38-21-11-10-12-22-38)32-30-33(18-16-20-36-19-13-14-23-39(36)41)24-25-34(17-7-2)35-26-28-37(29-27-35)40(3,4)5;1-3-10-22-18(2)25(19-11-6-4-7-12-19,20-13-8-5-9-14-20)24-17-21(26)15-16-23(22)24;1-2/h6-19,21-30H,2,20,31-32H2,1,3-5H3;3-17,23-24H,26H2,1-2H3;1-2H/b8-6-,15-9-,18-16-,25-24-,33-30+,34-17+;10-3-;. The zero-order valence-electron chi connectivity index (χ0n) is 41.7. The third-order valence-corrected chi connectivity index (χ3v) is 13.9. The normalized spacial score (nSPS) is 21.1. The molecule has 0 spiro atoms. The number of benzene rings is 5. The highest BCUT2D eigenvalue weighted by Crippen LogP contribution is 2.58. The summed E-state index contributed by atoms with van der Waals surface area (Å²) in [7, 11) is 0. The first-order valence-electron chi connectivity index (χ1n) is 24.4. The Morgan fingerprint density at radius 3 is 1.94 bits per heavy atom. The van der Waals surface area contributed by atoms with Crippen LogP contribution in [-0.2, 0) is 22.7 Å². The summed E-state index contributed by atoms with van der Waals surface area (Å²) in [5, 5.41) is 0. The molecule has 2 N–H and O–H groups in total. The molecule has 0 aromatic heterocycles. The lowest BCUT2D eigenvalue weighted by molar-refractivity contribution is 0.420. The highest BCUT2D eigenvalue weighted by Gasteiger charge is 2.52. The van der Waals surface area contributed by atoms with Crippen molar-refractivity contribution in [3.05, 3.63) is 305 Å². The predicted molar refractivity (Wildman–Crippen MR) is 300 cm³/mol. The first-order valence-corrected chi connectivity index (χ1v) is 24.4. The van der Waals surface area contributed by atoms with Gasteiger partial charge in [0.2, 0.25) is 0 Å². The Kier molecular flexibility index (Phi) is 17.8. The molecule has 3 unspecified atom stereocenters. The van der Waals surface area contributed by atoms with Gasteiger partial charge in [-0.1, -0.05) is 264 Å². The molecule has 5 aromatic rings. The van der Waals surface area contributed by atoms with Crippen molar-refractivity contribution < 1.29 is 0 Å². The SMILES string of the molecule is C#C.C/C=C\C1=C(C)C(c2ccccc2)(c2ccccc2)C2C=C(N)C=CC12.C=C\C=C(/C=C\C1=C\CC(C/C=C\C=C/C)(c2ccccc2)c2ccccc2C\C=C/1)c1ccc(C(C)(C)C)cc1. The molecule has 1 heteroatoms. The van der Waals surface area contributed by atoms with Gasteiger partial charge in [-0.2, -0.15) is 0 Å². The molecule has 0 saturated heterocycles. The number of fused-ring (bicyclic) bond motifs is 2. The van der Waals surface area contributed by atoms with Crippen molar-refractivity contribution in [1.29, 1.82) is 0 Å². The summed E-state index contributed by atoms with van der Waals surface area (Å²) in [4.78, 5) is 0. The topological polar surface area (TPSA) is 26.0 Å². The molecule has 3 aliphatic carbocycles. The van der Waals surface area contributed by atoms with E-state index < -0.39 is 0 Å². The van der Waals surface area contributed by atoms with E-state index in [4.69, 9.17) is 5.73 Å². The third-order valence-electron chi connectivity index (χ3n) is 13.9. The second kappa shape index (κ2) is 24.1. The van der Waals surface area contributed by atoms with Gasteiger partial charge in [-0.3, -0.25) is 0 Å². The molecule has 0 amide bonds. The van der Waals surface area contributed by atoms with Crippen molar-refractivity contribution in [3.63, 3.8) is 0 Å². The van der Waals surface area contributed by atoms with Crippen molar-refractivity contribution in [2.24, 2.45) is 17.6 Å². The molecule has 3 atom stereocenters. The second-order valence-corrected chi connectivity index (χ2v) is 19.0. The average Bonchev–Trinajstić information content (AvgIpc) is 3.66. The minimum Gasteiger partial charge on any atom is -0.399 e. The summed E-state index contributed by atoms with van der Waals surface area (Å²) in [6, 6.07) is 50.7. The van der Waals surface area contributed by atoms with Crippen LogP contribution in [0.25, 0.3) is 5.57 Å². The summed E-state index contributed by atoms with van der Waals surface area (Å²) < 4.78 is 0. The van der Waals surface area contributed by atoms with E-state index in [1.165, 1.54) is 55.7 Å². The van der Waals surface area contributed by atoms with Crippen LogP contribution >= 0.6 is 0 Å². The molecule has 0 saturated carbocycles. The van der Waals surface area contributed by atoms with Gasteiger partial charge < -0.3 is 5.73 Å². The number of allylic oxidation sites excluding steroid dienone is 20. The number of nitrogens with two attached hydrogens (primary N) is 1. The lowest BCUT2D eigenvalue weighted by Crippen LogP contribution is -2.37. The minimum atomic E-state index is -0.197. The average molecular weight is 902 g/mol. The van der Waals surface area contributed by atoms with E-state index in [2.05, 4.69) is 292 Å². The molecule has 0 fully saturated rings. The van der Waals surface area contributed by atoms with Crippen LogP contribution in [0.2, 0.25) is 0 Å². The van der Waals surface area contributed by atoms with Gasteiger partial charge in [0.25, 0.3) is 0 Å². The van der Waals surface area contributed by atoms with Crippen molar-refractivity contribution in [2.75, 3.05) is 0 Å². The maximum atomic E-state index is 6.27. The fraction of sp³-hybridized carbons (Fsp3) is 0.206. The molecule has 0 radical (unpaired) electrons. The fourth-order valence-corrected chi connectivity index (χ4v) is 10.5. The maximum Gasteiger partial charge on any atom is 0.0486 e. The Morgan fingerprint density at radius 2 is 1.35 bits per heavy atom. The van der Waals surface area contributed by atoms with Crippen molar-refractivity contribution in [2.45, 2.75) is 77.0 Å². The van der Waals surface area contributed by atoms with Gasteiger partial charge in [-0.25, -0.2) is 0 Å². The second-order valence-electron chi connectivity index (χ2n) is 19.0. The van der Waals surface area contributed by atoms with Gasteiger partial charge in [-0.05, 0) is 107 Å². The number of terminal acetylenes is 1. The summed E-state index contributed by atoms with van der Waals surface area (Å²) in [5.41, 5.74) is 21.4. The Balaban J connectivity index is 0.000000239. The number of hydrogen-bond donors (Lipinski definition) is 1. The number of hydrogen-bond acceptors (Lipinski definition) is 1. The number of rotatable bonds is 11. The largest absolute Gasteiger partial charge is 0.399 e. The lowest BCUT2D eigenvalue weighted by atomic mass is 9.62. The van der Waals surface area contributed by atoms with Crippen LogP contribution in [-0.4, -0.2) is 0 Å². The summed E-state index contributed by atoms with van der Waals surface area (Å²) in [6.07, 6.45) is 45.9. The van der Waals surface area contributed by atoms with Gasteiger partial charge in [-0.15, -0.1) is 12.8 Å². The van der Waals surface area contributed by atoms with Gasteiger partial charge in [0.15, 0.2) is 0 Å². The first-order chi connectivity index (χ1) is 33.6. The molecular weight excluding hydrogens is 831 g/mol. The highest BCUT2D eigenvalue weighted by atomic mass is 14.6. The Labute approximate surface area is 415 Å². The van der Waals surface area contributed by atoms with Crippen LogP contribution in [0.5, 0.6) is 0 Å². The van der Waals surface area contributed by atoms with Crippen LogP contribution in [0.3, 0.4) is 0 Å². The van der Waals surface area contributed by atoms with Gasteiger partial charge >= 0.3 is 0 Å². The molecule has 5 aromatic carbocycles. The Morgan fingerprint density at radius 1 is 0.739 bits per heavy atom. The summed E-state index contributed by atoms with van der Waals surface area (Å²) >= 11 is 0. The van der Waals surface area contributed by atoms with E-state index in [1.807, 2.05) is 6.08 Å². The molecule has 0 aliphatic heterocycles. The van der Waals surface area contributed by atoms with Crippen LogP contribution in [0.15, 0.2) is 266 Å². The maximum absolute atomic E-state index is 6.27. The van der Waals surface area contributed by atoms with Gasteiger partial charge in [0.05, 0.1) is 0 Å². The Hall–Kier alpha value is -7.40. The van der Waals surface area contributed by atoms with E-state index in [1.54, 1.807) is 0 Å². The zero-order valence-corrected chi connectivity index (χ0v) is 41.7. The molecule has 69 heavy (non-hydrogen) atoms. The molecular formula is C68H71N. The molecule has 1 nitrogen and oxygen atoms in total. The van der Waals surface area contributed by atoms with Crippen molar-refractivity contribution >= 4 is 5.57 Å². The van der Waals surface area contributed by atoms with Crippen molar-refractivity contribution in [3.8, 4) is 12.8 Å². The van der Waals surface area contributed by atoms with Gasteiger partial charge in [0.1, 0.15) is 0 Å². The van der Waals surface area contributed by atoms with Crippen LogP contribution < -0.4 is 5.73 Å². The van der Waals surface area contributed by atoms with E-state index in [0.29, 0.717) is 5.92 Å². The third kappa shape index (κ3) is 11.5. The monoisotopic (exact) mass is 902 g/mol. The van der Waals surface area contributed by atoms with Crippen molar-refractivity contribution in [1.82, 2.24) is 0 Å². The first kappa shape index (κ1) is 51.0. The molecule has 8 rings (SSSR count).